The second-order valence-electron chi connectivity index (χ2n) is 5.12. The van der Waals surface area contributed by atoms with Gasteiger partial charge in [0.25, 0.3) is 0 Å². The Labute approximate surface area is 119 Å². The monoisotopic (exact) mass is 274 g/mol. The number of aromatic nitrogens is 2. The number of rotatable bonds is 6. The first-order valence-corrected chi connectivity index (χ1v) is 7.31. The molecular formula is C16H22N2O2. The van der Waals surface area contributed by atoms with E-state index in [1.807, 2.05) is 18.2 Å². The minimum absolute atomic E-state index is 0.0508. The number of hydrogen-bond donors (Lipinski definition) is 1. The summed E-state index contributed by atoms with van der Waals surface area (Å²) in [5.74, 6) is 0.782. The number of carboxylic acids is 1. The molecule has 108 valence electrons. The highest BCUT2D eigenvalue weighted by Crippen LogP contribution is 2.27. The first-order chi connectivity index (χ1) is 9.60. The van der Waals surface area contributed by atoms with Gasteiger partial charge in [0.2, 0.25) is 0 Å². The van der Waals surface area contributed by atoms with Crippen LogP contribution in [0.5, 0.6) is 0 Å². The second-order valence-corrected chi connectivity index (χ2v) is 5.12. The summed E-state index contributed by atoms with van der Waals surface area (Å²) in [6.07, 6.45) is 2.19. The smallest absolute Gasteiger partial charge is 0.307 e. The Hall–Kier alpha value is -1.84. The normalized spacial score (nSPS) is 11.4. The number of aliphatic carboxylic acids is 1. The lowest BCUT2D eigenvalue weighted by Gasteiger charge is -2.13. The van der Waals surface area contributed by atoms with Gasteiger partial charge in [0.15, 0.2) is 0 Å². The minimum atomic E-state index is -0.806. The Balaban J connectivity index is 2.52. The van der Waals surface area contributed by atoms with E-state index >= 15 is 0 Å². The Morgan fingerprint density at radius 3 is 2.55 bits per heavy atom. The lowest BCUT2D eigenvalue weighted by Crippen LogP contribution is -2.07. The van der Waals surface area contributed by atoms with Crippen LogP contribution in [-0.4, -0.2) is 20.6 Å². The molecule has 0 spiro atoms. The van der Waals surface area contributed by atoms with E-state index in [0.717, 1.165) is 41.8 Å². The second kappa shape index (κ2) is 6.07. The molecule has 20 heavy (non-hydrogen) atoms. The van der Waals surface area contributed by atoms with Crippen LogP contribution in [0.15, 0.2) is 18.2 Å². The fraction of sp³-hybridized carbons (Fsp3) is 0.500. The molecule has 0 unspecified atom stereocenters. The Kier molecular flexibility index (Phi) is 4.42. The topological polar surface area (TPSA) is 55.1 Å². The highest BCUT2D eigenvalue weighted by atomic mass is 16.4. The molecule has 0 aliphatic carbocycles. The lowest BCUT2D eigenvalue weighted by atomic mass is 10.0. The predicted molar refractivity (Wildman–Crippen MR) is 80.1 cm³/mol. The molecule has 0 saturated carbocycles. The van der Waals surface area contributed by atoms with Crippen LogP contribution < -0.4 is 0 Å². The van der Waals surface area contributed by atoms with Crippen molar-refractivity contribution in [2.75, 3.05) is 0 Å². The summed E-state index contributed by atoms with van der Waals surface area (Å²) in [4.78, 5) is 15.6. The van der Waals surface area contributed by atoms with E-state index in [-0.39, 0.29) is 6.42 Å². The zero-order chi connectivity index (χ0) is 14.7. The maximum Gasteiger partial charge on any atom is 0.307 e. The molecule has 1 aromatic heterocycles. The van der Waals surface area contributed by atoms with Gasteiger partial charge in [0, 0.05) is 12.5 Å². The van der Waals surface area contributed by atoms with E-state index in [1.54, 1.807) is 0 Å². The first-order valence-electron chi connectivity index (χ1n) is 7.31. The zero-order valence-corrected chi connectivity index (χ0v) is 12.4. The van der Waals surface area contributed by atoms with E-state index in [0.29, 0.717) is 5.92 Å². The minimum Gasteiger partial charge on any atom is -0.481 e. The molecule has 4 heteroatoms. The Morgan fingerprint density at radius 1 is 1.30 bits per heavy atom. The van der Waals surface area contributed by atoms with Crippen LogP contribution in [0.2, 0.25) is 0 Å². The molecule has 0 radical (unpaired) electrons. The van der Waals surface area contributed by atoms with Crippen molar-refractivity contribution in [2.45, 2.75) is 52.5 Å². The molecule has 0 atom stereocenters. The first kappa shape index (κ1) is 14.6. The number of nitrogens with zero attached hydrogens (tertiary/aromatic N) is 2. The summed E-state index contributed by atoms with van der Waals surface area (Å²) in [7, 11) is 0. The number of carbonyl (C=O) groups is 1. The van der Waals surface area contributed by atoms with Gasteiger partial charge in [0.1, 0.15) is 5.82 Å². The largest absolute Gasteiger partial charge is 0.481 e. The molecule has 2 aromatic rings. The molecule has 0 bridgehead atoms. The van der Waals surface area contributed by atoms with Crippen molar-refractivity contribution in [1.82, 2.24) is 9.55 Å². The van der Waals surface area contributed by atoms with Gasteiger partial charge >= 0.3 is 5.97 Å². The third kappa shape index (κ3) is 2.69. The summed E-state index contributed by atoms with van der Waals surface area (Å²) in [6, 6.07) is 5.79. The Bertz CT molecular complexity index is 612. The molecule has 0 aliphatic rings. The van der Waals surface area contributed by atoms with E-state index in [9.17, 15) is 4.79 Å². The van der Waals surface area contributed by atoms with Crippen molar-refractivity contribution in [3.8, 4) is 0 Å². The van der Waals surface area contributed by atoms with E-state index in [1.165, 1.54) is 0 Å². The average Bonchev–Trinajstić information content (AvgIpc) is 2.77. The molecule has 0 fully saturated rings. The average molecular weight is 274 g/mol. The van der Waals surface area contributed by atoms with E-state index in [4.69, 9.17) is 10.1 Å². The van der Waals surface area contributed by atoms with E-state index < -0.39 is 5.97 Å². The summed E-state index contributed by atoms with van der Waals surface area (Å²) < 4.78 is 2.25. The van der Waals surface area contributed by atoms with Gasteiger partial charge in [-0.25, -0.2) is 4.98 Å². The molecule has 4 nitrogen and oxygen atoms in total. The SMILES string of the molecule is CCC(CC)c1nc2cc(CC(=O)O)ccc2n1CC. The van der Waals surface area contributed by atoms with Gasteiger partial charge in [-0.05, 0) is 37.5 Å². The van der Waals surface area contributed by atoms with Crippen molar-refractivity contribution in [2.24, 2.45) is 0 Å². The van der Waals surface area contributed by atoms with Crippen molar-refractivity contribution in [3.05, 3.63) is 29.6 Å². The van der Waals surface area contributed by atoms with Gasteiger partial charge in [-0.1, -0.05) is 19.9 Å². The highest BCUT2D eigenvalue weighted by molar-refractivity contribution is 5.79. The molecule has 2 rings (SSSR count). The molecule has 1 heterocycles. The molecule has 1 N–H and O–H groups in total. The summed E-state index contributed by atoms with van der Waals surface area (Å²) in [5.41, 5.74) is 2.82. The zero-order valence-electron chi connectivity index (χ0n) is 12.4. The maximum atomic E-state index is 10.8. The third-order valence-electron chi connectivity index (χ3n) is 3.86. The van der Waals surface area contributed by atoms with Gasteiger partial charge in [-0.2, -0.15) is 0 Å². The summed E-state index contributed by atoms with van der Waals surface area (Å²) in [5, 5.41) is 8.88. The highest BCUT2D eigenvalue weighted by Gasteiger charge is 2.17. The van der Waals surface area contributed by atoms with Crippen LogP contribution in [0, 0.1) is 0 Å². The van der Waals surface area contributed by atoms with Crippen molar-refractivity contribution in [3.63, 3.8) is 0 Å². The molecule has 0 aliphatic heterocycles. The Morgan fingerprint density at radius 2 is 2.00 bits per heavy atom. The van der Waals surface area contributed by atoms with E-state index in [2.05, 4.69) is 25.3 Å². The van der Waals surface area contributed by atoms with Crippen LogP contribution in [0.1, 0.15) is 50.9 Å². The van der Waals surface area contributed by atoms with Gasteiger partial charge in [-0.3, -0.25) is 4.79 Å². The lowest BCUT2D eigenvalue weighted by molar-refractivity contribution is -0.136. The summed E-state index contributed by atoms with van der Waals surface area (Å²) >= 11 is 0. The van der Waals surface area contributed by atoms with Crippen LogP contribution in [-0.2, 0) is 17.8 Å². The quantitative estimate of drug-likeness (QED) is 0.875. The predicted octanol–water partition coefficient (Wildman–Crippen LogP) is 3.59. The van der Waals surface area contributed by atoms with Crippen molar-refractivity contribution >= 4 is 17.0 Å². The van der Waals surface area contributed by atoms with Crippen molar-refractivity contribution < 1.29 is 9.90 Å². The molecular weight excluding hydrogens is 252 g/mol. The van der Waals surface area contributed by atoms with Crippen LogP contribution in [0.25, 0.3) is 11.0 Å². The number of carboxylic acid groups (broad SMARTS) is 1. The van der Waals surface area contributed by atoms with Crippen LogP contribution in [0.3, 0.4) is 0 Å². The number of imidazole rings is 1. The molecule has 0 amide bonds. The van der Waals surface area contributed by atoms with Gasteiger partial charge in [0.05, 0.1) is 17.5 Å². The molecule has 0 saturated heterocycles. The standard InChI is InChI=1S/C16H22N2O2/c1-4-12(5-2)16-17-13-9-11(10-15(19)20)7-8-14(13)18(16)6-3/h7-9,12H,4-6,10H2,1-3H3,(H,19,20). The third-order valence-corrected chi connectivity index (χ3v) is 3.86. The number of benzene rings is 1. The maximum absolute atomic E-state index is 10.8. The number of aryl methyl sites for hydroxylation is 1. The number of fused-ring (bicyclic) bond motifs is 1. The fourth-order valence-electron chi connectivity index (χ4n) is 2.78. The van der Waals surface area contributed by atoms with Gasteiger partial charge < -0.3 is 9.67 Å². The number of hydrogen-bond acceptors (Lipinski definition) is 2. The van der Waals surface area contributed by atoms with Crippen LogP contribution in [0.4, 0.5) is 0 Å². The fourth-order valence-corrected chi connectivity index (χ4v) is 2.78. The molecule has 1 aromatic carbocycles. The summed E-state index contributed by atoms with van der Waals surface area (Å²) in [6.45, 7) is 7.38. The van der Waals surface area contributed by atoms with Crippen molar-refractivity contribution in [1.29, 1.82) is 0 Å². The van der Waals surface area contributed by atoms with Gasteiger partial charge in [-0.15, -0.1) is 0 Å². The van der Waals surface area contributed by atoms with Crippen LogP contribution >= 0.6 is 0 Å².